The van der Waals surface area contributed by atoms with E-state index in [1.54, 1.807) is 0 Å². The second-order valence-electron chi connectivity index (χ2n) is 4.91. The lowest BCUT2D eigenvalue weighted by molar-refractivity contribution is 0.0697. The molecule has 0 atom stereocenters. The van der Waals surface area contributed by atoms with Gasteiger partial charge in [0.2, 0.25) is 10.0 Å². The largest absolute Gasteiger partial charge is 0.478 e. The molecular weight excluding hydrogens is 296 g/mol. The summed E-state index contributed by atoms with van der Waals surface area (Å²) in [6.07, 6.45) is 0.814. The van der Waals surface area contributed by atoms with Crippen LogP contribution in [0.3, 0.4) is 0 Å². The van der Waals surface area contributed by atoms with Gasteiger partial charge in [0.15, 0.2) is 0 Å². The Hall–Kier alpha value is -1.80. The van der Waals surface area contributed by atoms with Crippen molar-refractivity contribution >= 4 is 27.4 Å². The molecule has 0 saturated carbocycles. The minimum absolute atomic E-state index is 0.114. The highest BCUT2D eigenvalue weighted by Gasteiger charge is 2.33. The fourth-order valence-electron chi connectivity index (χ4n) is 2.33. The van der Waals surface area contributed by atoms with Gasteiger partial charge in [-0.05, 0) is 31.0 Å². The van der Waals surface area contributed by atoms with Crippen molar-refractivity contribution in [2.45, 2.75) is 18.1 Å². The molecule has 0 amide bonds. The van der Waals surface area contributed by atoms with Crippen molar-refractivity contribution in [3.63, 3.8) is 0 Å². The van der Waals surface area contributed by atoms with E-state index in [2.05, 4.69) is 0 Å². The van der Waals surface area contributed by atoms with Crippen LogP contribution >= 0.6 is 0 Å². The minimum Gasteiger partial charge on any atom is -0.478 e. The number of hydrogen-bond acceptors (Lipinski definition) is 5. The van der Waals surface area contributed by atoms with E-state index in [1.165, 1.54) is 25.2 Å². The van der Waals surface area contributed by atoms with E-state index in [-0.39, 0.29) is 16.9 Å². The zero-order valence-corrected chi connectivity index (χ0v) is 12.5. The molecule has 0 aliphatic carbocycles. The quantitative estimate of drug-likeness (QED) is 0.799. The second-order valence-corrected chi connectivity index (χ2v) is 7.15. The number of carbonyl (C=O) groups is 1. The van der Waals surface area contributed by atoms with Crippen LogP contribution in [-0.2, 0) is 14.8 Å². The van der Waals surface area contributed by atoms with Crippen molar-refractivity contribution in [1.29, 1.82) is 0 Å². The topological polar surface area (TPSA) is 110 Å². The van der Waals surface area contributed by atoms with E-state index in [1.807, 2.05) is 0 Å². The third-order valence-corrected chi connectivity index (χ3v) is 5.84. The molecule has 0 bridgehead atoms. The fourth-order valence-corrected chi connectivity index (χ4v) is 4.00. The number of nitrogens with two attached hydrogens (primary N) is 1. The highest BCUT2D eigenvalue weighted by atomic mass is 32.2. The van der Waals surface area contributed by atoms with Crippen LogP contribution in [0.15, 0.2) is 18.2 Å². The molecule has 0 aromatic heterocycles. The maximum absolute atomic E-state index is 12.6. The first kappa shape index (κ1) is 15.6. The molecule has 3 N–H and O–H groups in total. The van der Waals surface area contributed by atoms with E-state index in [0.29, 0.717) is 26.1 Å². The molecule has 0 spiro atoms. The van der Waals surface area contributed by atoms with Crippen molar-refractivity contribution in [3.05, 3.63) is 23.8 Å². The van der Waals surface area contributed by atoms with E-state index < -0.39 is 21.2 Å². The van der Waals surface area contributed by atoms with Gasteiger partial charge in [-0.3, -0.25) is 4.31 Å². The van der Waals surface area contributed by atoms with Crippen molar-refractivity contribution in [1.82, 2.24) is 0 Å². The Balaban J connectivity index is 2.39. The predicted molar refractivity (Wildman–Crippen MR) is 79.0 cm³/mol. The Bertz CT molecular complexity index is 638. The number of carboxylic acid groups (broad SMARTS) is 1. The monoisotopic (exact) mass is 314 g/mol. The molecule has 1 aliphatic rings. The van der Waals surface area contributed by atoms with Crippen molar-refractivity contribution in [2.75, 3.05) is 30.3 Å². The molecule has 8 heteroatoms. The highest BCUT2D eigenvalue weighted by Crippen LogP contribution is 2.28. The summed E-state index contributed by atoms with van der Waals surface area (Å²) >= 11 is 0. The van der Waals surface area contributed by atoms with Crippen molar-refractivity contribution in [3.8, 4) is 0 Å². The van der Waals surface area contributed by atoms with E-state index in [4.69, 9.17) is 10.5 Å². The molecule has 21 heavy (non-hydrogen) atoms. The number of anilines is 2. The number of carboxylic acids is 1. The Morgan fingerprint density at radius 3 is 2.57 bits per heavy atom. The summed E-state index contributed by atoms with van der Waals surface area (Å²) in [5.41, 5.74) is 5.82. The second kappa shape index (κ2) is 5.90. The Labute approximate surface area is 123 Å². The van der Waals surface area contributed by atoms with Gasteiger partial charge in [0.05, 0.1) is 16.5 Å². The number of sulfonamides is 1. The first-order valence-corrected chi connectivity index (χ1v) is 8.02. The average Bonchev–Trinajstić information content (AvgIpc) is 2.47. The number of nitrogens with zero attached hydrogens (tertiary/aromatic N) is 1. The van der Waals surface area contributed by atoms with Crippen LogP contribution < -0.4 is 10.0 Å². The molecule has 0 unspecified atom stereocenters. The molecule has 1 heterocycles. The van der Waals surface area contributed by atoms with Gasteiger partial charge in [-0.25, -0.2) is 13.2 Å². The van der Waals surface area contributed by atoms with Crippen LogP contribution in [0.5, 0.6) is 0 Å². The molecule has 1 saturated heterocycles. The lowest BCUT2D eigenvalue weighted by atomic mass is 10.1. The molecule has 1 aliphatic heterocycles. The zero-order chi connectivity index (χ0) is 15.6. The lowest BCUT2D eigenvalue weighted by Crippen LogP contribution is -2.40. The van der Waals surface area contributed by atoms with Crippen LogP contribution in [0, 0.1) is 0 Å². The Morgan fingerprint density at radius 2 is 2.00 bits per heavy atom. The maximum atomic E-state index is 12.6. The lowest BCUT2D eigenvalue weighted by Gasteiger charge is -2.29. The van der Waals surface area contributed by atoms with Crippen LogP contribution in [0.4, 0.5) is 11.4 Å². The number of rotatable bonds is 4. The molecule has 1 aromatic rings. The van der Waals surface area contributed by atoms with Gasteiger partial charge in [-0.2, -0.15) is 0 Å². The first-order valence-electron chi connectivity index (χ1n) is 6.52. The zero-order valence-electron chi connectivity index (χ0n) is 11.7. The number of ether oxygens (including phenoxy) is 1. The molecule has 7 nitrogen and oxygen atoms in total. The summed E-state index contributed by atoms with van der Waals surface area (Å²) in [6.45, 7) is 0.788. The number of nitrogen functional groups attached to an aromatic ring is 1. The summed E-state index contributed by atoms with van der Waals surface area (Å²) in [5, 5.41) is 8.66. The number of benzene rings is 1. The molecular formula is C13H18N2O5S. The molecule has 0 radical (unpaired) electrons. The highest BCUT2D eigenvalue weighted by molar-refractivity contribution is 7.93. The summed E-state index contributed by atoms with van der Waals surface area (Å²) in [5.74, 6) is -1.22. The van der Waals surface area contributed by atoms with E-state index in [9.17, 15) is 18.3 Å². The van der Waals surface area contributed by atoms with E-state index in [0.717, 1.165) is 4.31 Å². The van der Waals surface area contributed by atoms with Gasteiger partial charge < -0.3 is 15.6 Å². The standard InChI is InChI=1S/C13H18N2O5S/c1-15(21(18,19)10-4-6-20-7-5-10)12-3-2-9(14)8-11(12)13(16)17/h2-3,8,10H,4-7,14H2,1H3,(H,16,17). The van der Waals surface area contributed by atoms with Gasteiger partial charge >= 0.3 is 5.97 Å². The van der Waals surface area contributed by atoms with Crippen LogP contribution in [-0.4, -0.2) is 45.0 Å². The number of aromatic carboxylic acids is 1. The smallest absolute Gasteiger partial charge is 0.337 e. The van der Waals surface area contributed by atoms with Gasteiger partial charge in [0.25, 0.3) is 0 Å². The van der Waals surface area contributed by atoms with Crippen molar-refractivity contribution in [2.24, 2.45) is 0 Å². The van der Waals surface area contributed by atoms with Crippen LogP contribution in [0.2, 0.25) is 0 Å². The summed E-state index contributed by atoms with van der Waals surface area (Å²) in [7, 11) is -2.27. The first-order chi connectivity index (χ1) is 9.84. The van der Waals surface area contributed by atoms with Crippen LogP contribution in [0.25, 0.3) is 0 Å². The predicted octanol–water partition coefficient (Wildman–Crippen LogP) is 0.912. The minimum atomic E-state index is -3.63. The molecule has 2 rings (SSSR count). The third-order valence-electron chi connectivity index (χ3n) is 3.56. The summed E-state index contributed by atoms with van der Waals surface area (Å²) in [4.78, 5) is 11.3. The average molecular weight is 314 g/mol. The molecule has 1 fully saturated rings. The summed E-state index contributed by atoms with van der Waals surface area (Å²) in [6, 6.07) is 4.15. The van der Waals surface area contributed by atoms with E-state index >= 15 is 0 Å². The summed E-state index contributed by atoms with van der Waals surface area (Å²) < 4.78 is 31.4. The van der Waals surface area contributed by atoms with Gasteiger partial charge in [0, 0.05) is 25.9 Å². The maximum Gasteiger partial charge on any atom is 0.337 e. The normalized spacial score (nSPS) is 16.6. The van der Waals surface area contributed by atoms with Crippen molar-refractivity contribution < 1.29 is 23.1 Å². The third kappa shape index (κ3) is 3.11. The Morgan fingerprint density at radius 1 is 1.38 bits per heavy atom. The molecule has 116 valence electrons. The Kier molecular flexibility index (Phi) is 4.38. The van der Waals surface area contributed by atoms with Gasteiger partial charge in [-0.15, -0.1) is 0 Å². The van der Waals surface area contributed by atoms with Gasteiger partial charge in [-0.1, -0.05) is 0 Å². The molecule has 1 aromatic carbocycles. The number of hydrogen-bond donors (Lipinski definition) is 2. The fraction of sp³-hybridized carbons (Fsp3) is 0.462. The van der Waals surface area contributed by atoms with Gasteiger partial charge in [0.1, 0.15) is 0 Å². The SMILES string of the molecule is CN(c1ccc(N)cc1C(=O)O)S(=O)(=O)C1CCOCC1. The van der Waals surface area contributed by atoms with Crippen LogP contribution in [0.1, 0.15) is 23.2 Å².